The Hall–Kier alpha value is -0.810. The number of carbonyl (C=O) groups excluding carboxylic acids is 1. The normalized spacial score (nSPS) is 17.0. The van der Waals surface area contributed by atoms with E-state index >= 15 is 0 Å². The van der Waals surface area contributed by atoms with Crippen molar-refractivity contribution in [2.45, 2.75) is 58.6 Å². The molecule has 9 heteroatoms. The number of amides is 1. The Morgan fingerprint density at radius 3 is 2.59 bits per heavy atom. The fourth-order valence-corrected chi connectivity index (χ4v) is 2.64. The molecule has 0 aliphatic carbocycles. The number of rotatable bonds is 9. The molecule has 0 bridgehead atoms. The number of nitrogens with one attached hydrogen (secondary N) is 2. The maximum atomic E-state index is 11.9. The summed E-state index contributed by atoms with van der Waals surface area (Å²) in [5.74, 6) is 0.416. The fraction of sp³-hybridized carbons (Fsp3) is 0.889. The zero-order valence-corrected chi connectivity index (χ0v) is 19.6. The second-order valence-corrected chi connectivity index (χ2v) is 7.59. The monoisotopic (exact) mass is 499 g/mol. The predicted molar refractivity (Wildman–Crippen MR) is 120 cm³/mol. The number of nitrogens with zero attached hydrogens (tertiary/aromatic N) is 2. The number of carbonyl (C=O) groups is 1. The van der Waals surface area contributed by atoms with Crippen LogP contribution in [0.4, 0.5) is 4.79 Å². The molecule has 1 amide bonds. The van der Waals surface area contributed by atoms with E-state index in [9.17, 15) is 4.79 Å². The molecule has 1 rings (SSSR count). The van der Waals surface area contributed by atoms with Crippen LogP contribution in [0.15, 0.2) is 4.99 Å². The van der Waals surface area contributed by atoms with Crippen molar-refractivity contribution in [1.82, 2.24) is 15.5 Å². The lowest BCUT2D eigenvalue weighted by atomic mass is 10.1. The van der Waals surface area contributed by atoms with Gasteiger partial charge in [0, 0.05) is 19.6 Å². The first-order chi connectivity index (χ1) is 12.3. The minimum atomic E-state index is -0.509. The van der Waals surface area contributed by atoms with Gasteiger partial charge < -0.3 is 25.8 Å². The van der Waals surface area contributed by atoms with E-state index in [4.69, 9.17) is 15.2 Å². The summed E-state index contributed by atoms with van der Waals surface area (Å²) in [6.45, 7) is 13.5. The molecule has 1 unspecified atom stereocenters. The highest BCUT2D eigenvalue weighted by atomic mass is 127. The highest BCUT2D eigenvalue weighted by Crippen LogP contribution is 2.07. The van der Waals surface area contributed by atoms with Crippen LogP contribution in [0.2, 0.25) is 0 Å². The Kier molecular flexibility index (Phi) is 13.8. The van der Waals surface area contributed by atoms with Crippen LogP contribution >= 0.6 is 24.0 Å². The van der Waals surface area contributed by atoms with E-state index in [1.807, 2.05) is 20.8 Å². The Balaban J connectivity index is 0.00000676. The Bertz CT molecular complexity index is 437. The lowest BCUT2D eigenvalue weighted by Gasteiger charge is -2.26. The van der Waals surface area contributed by atoms with Crippen LogP contribution in [0.1, 0.15) is 47.0 Å². The molecule has 1 aliphatic heterocycles. The van der Waals surface area contributed by atoms with Crippen molar-refractivity contribution in [3.05, 3.63) is 0 Å². The van der Waals surface area contributed by atoms with Gasteiger partial charge in [0.15, 0.2) is 5.96 Å². The van der Waals surface area contributed by atoms with Crippen molar-refractivity contribution in [2.75, 3.05) is 45.9 Å². The van der Waals surface area contributed by atoms with E-state index in [0.29, 0.717) is 12.5 Å². The van der Waals surface area contributed by atoms with Gasteiger partial charge in [-0.25, -0.2) is 4.79 Å². The third-order valence-corrected chi connectivity index (χ3v) is 3.90. The van der Waals surface area contributed by atoms with Crippen molar-refractivity contribution in [1.29, 1.82) is 0 Å². The third-order valence-electron chi connectivity index (χ3n) is 3.90. The first kappa shape index (κ1) is 26.2. The molecule has 0 radical (unpaired) electrons. The quantitative estimate of drug-likeness (QED) is 0.194. The highest BCUT2D eigenvalue weighted by Gasteiger charge is 2.19. The van der Waals surface area contributed by atoms with Crippen LogP contribution < -0.4 is 16.4 Å². The summed E-state index contributed by atoms with van der Waals surface area (Å²) in [7, 11) is 0. The number of aliphatic imine (C=N–C) groups is 1. The zero-order chi connectivity index (χ0) is 19.4. The van der Waals surface area contributed by atoms with E-state index in [-0.39, 0.29) is 30.0 Å². The van der Waals surface area contributed by atoms with Gasteiger partial charge in [0.25, 0.3) is 0 Å². The molecular formula is C18H38IN5O3. The van der Waals surface area contributed by atoms with E-state index in [1.165, 1.54) is 0 Å². The summed E-state index contributed by atoms with van der Waals surface area (Å²) in [5.41, 5.74) is 5.42. The summed E-state index contributed by atoms with van der Waals surface area (Å²) >= 11 is 0. The molecule has 1 aliphatic rings. The third kappa shape index (κ3) is 13.9. The van der Waals surface area contributed by atoms with Crippen molar-refractivity contribution in [3.63, 3.8) is 0 Å². The van der Waals surface area contributed by atoms with Gasteiger partial charge in [-0.2, -0.15) is 0 Å². The molecule has 1 heterocycles. The molecule has 160 valence electrons. The SMILES string of the molecule is CCCC(CN=C(N)NCCCN1CCOCC1)NC(=O)OC(C)(C)C.I. The lowest BCUT2D eigenvalue weighted by molar-refractivity contribution is 0.0376. The van der Waals surface area contributed by atoms with Gasteiger partial charge >= 0.3 is 6.09 Å². The summed E-state index contributed by atoms with van der Waals surface area (Å²) in [5, 5.41) is 6.01. The average molecular weight is 499 g/mol. The largest absolute Gasteiger partial charge is 0.444 e. The predicted octanol–water partition coefficient (Wildman–Crippen LogP) is 1.92. The zero-order valence-electron chi connectivity index (χ0n) is 17.3. The Labute approximate surface area is 181 Å². The molecule has 0 saturated carbocycles. The topological polar surface area (TPSA) is 101 Å². The number of ether oxygens (including phenoxy) is 2. The van der Waals surface area contributed by atoms with Gasteiger partial charge in [-0.15, -0.1) is 24.0 Å². The molecule has 8 nitrogen and oxygen atoms in total. The average Bonchev–Trinajstić information content (AvgIpc) is 2.56. The number of alkyl carbamates (subject to hydrolysis) is 1. The minimum Gasteiger partial charge on any atom is -0.444 e. The maximum absolute atomic E-state index is 11.9. The molecule has 1 atom stereocenters. The van der Waals surface area contributed by atoms with Gasteiger partial charge in [0.05, 0.1) is 25.8 Å². The smallest absolute Gasteiger partial charge is 0.407 e. The second kappa shape index (κ2) is 14.2. The van der Waals surface area contributed by atoms with E-state index < -0.39 is 11.7 Å². The van der Waals surface area contributed by atoms with Crippen LogP contribution in [0.25, 0.3) is 0 Å². The number of halogens is 1. The van der Waals surface area contributed by atoms with Gasteiger partial charge in [0.2, 0.25) is 0 Å². The Morgan fingerprint density at radius 2 is 2.00 bits per heavy atom. The van der Waals surface area contributed by atoms with Gasteiger partial charge in [-0.1, -0.05) is 13.3 Å². The lowest BCUT2D eigenvalue weighted by Crippen LogP contribution is -2.42. The maximum Gasteiger partial charge on any atom is 0.407 e. The number of hydrogen-bond donors (Lipinski definition) is 3. The summed E-state index contributed by atoms with van der Waals surface area (Å²) in [6, 6.07) is -0.0800. The molecular weight excluding hydrogens is 461 g/mol. The summed E-state index contributed by atoms with van der Waals surface area (Å²) in [6.07, 6.45) is 2.36. The first-order valence-electron chi connectivity index (χ1n) is 9.63. The van der Waals surface area contributed by atoms with Crippen LogP contribution in [0, 0.1) is 0 Å². The standard InChI is InChI=1S/C18H37N5O3.HI/c1-5-7-15(22-17(24)26-18(2,3)4)14-21-16(19)20-8-6-9-23-10-12-25-13-11-23;/h15H,5-14H2,1-4H3,(H,22,24)(H3,19,20,21);1H. The van der Waals surface area contributed by atoms with Crippen LogP contribution in [-0.4, -0.2) is 74.5 Å². The molecule has 0 aromatic rings. The number of nitrogens with two attached hydrogens (primary N) is 1. The first-order valence-corrected chi connectivity index (χ1v) is 9.63. The number of hydrogen-bond acceptors (Lipinski definition) is 5. The molecule has 1 saturated heterocycles. The van der Waals surface area contributed by atoms with Crippen LogP contribution in [-0.2, 0) is 9.47 Å². The molecule has 4 N–H and O–H groups in total. The van der Waals surface area contributed by atoms with Crippen molar-refractivity contribution in [3.8, 4) is 0 Å². The van der Waals surface area contributed by atoms with E-state index in [0.717, 1.165) is 58.7 Å². The summed E-state index contributed by atoms with van der Waals surface area (Å²) < 4.78 is 10.6. The van der Waals surface area contributed by atoms with E-state index in [1.54, 1.807) is 0 Å². The van der Waals surface area contributed by atoms with Crippen LogP contribution in [0.3, 0.4) is 0 Å². The van der Waals surface area contributed by atoms with E-state index in [2.05, 4.69) is 27.4 Å². The number of morpholine rings is 1. The van der Waals surface area contributed by atoms with Crippen molar-refractivity contribution < 1.29 is 14.3 Å². The highest BCUT2D eigenvalue weighted by molar-refractivity contribution is 14.0. The summed E-state index contributed by atoms with van der Waals surface area (Å²) in [4.78, 5) is 18.7. The van der Waals surface area contributed by atoms with Gasteiger partial charge in [0.1, 0.15) is 5.60 Å². The Morgan fingerprint density at radius 1 is 1.33 bits per heavy atom. The van der Waals surface area contributed by atoms with Gasteiger partial charge in [-0.05, 0) is 40.2 Å². The van der Waals surface area contributed by atoms with Gasteiger partial charge in [-0.3, -0.25) is 9.89 Å². The fourth-order valence-electron chi connectivity index (χ4n) is 2.64. The molecule has 0 aromatic heterocycles. The van der Waals surface area contributed by atoms with Crippen molar-refractivity contribution in [2.24, 2.45) is 10.7 Å². The number of guanidine groups is 1. The van der Waals surface area contributed by atoms with Crippen molar-refractivity contribution >= 4 is 36.0 Å². The second-order valence-electron chi connectivity index (χ2n) is 7.59. The molecule has 1 fully saturated rings. The molecule has 0 aromatic carbocycles. The molecule has 27 heavy (non-hydrogen) atoms. The van der Waals surface area contributed by atoms with Crippen LogP contribution in [0.5, 0.6) is 0 Å². The minimum absolute atomic E-state index is 0. The molecule has 0 spiro atoms.